The number of halogens is 1. The summed E-state index contributed by atoms with van der Waals surface area (Å²) in [7, 11) is 0. The molecule has 0 aromatic heterocycles. The van der Waals surface area contributed by atoms with Crippen molar-refractivity contribution in [3.63, 3.8) is 0 Å². The van der Waals surface area contributed by atoms with E-state index >= 15 is 0 Å². The summed E-state index contributed by atoms with van der Waals surface area (Å²) >= 11 is 2.01. The van der Waals surface area contributed by atoms with Crippen LogP contribution in [0.2, 0.25) is 0 Å². The van der Waals surface area contributed by atoms with E-state index < -0.39 is 5.91 Å². The Hall–Kier alpha value is -1.09. The zero-order valence-corrected chi connectivity index (χ0v) is 9.12. The van der Waals surface area contributed by atoms with E-state index in [1.165, 1.54) is 0 Å². The third-order valence-electron chi connectivity index (χ3n) is 1.70. The van der Waals surface area contributed by atoms with Gasteiger partial charge in [0.25, 0.3) is 0 Å². The molecule has 0 saturated carbocycles. The third kappa shape index (κ3) is 1.98. The molecule has 0 fully saturated rings. The maximum absolute atomic E-state index is 10.9. The first-order valence-electron chi connectivity index (χ1n) is 3.56. The molecule has 1 rings (SSSR count). The first kappa shape index (κ1) is 9.99. The van der Waals surface area contributed by atoms with Crippen LogP contribution in [0.4, 0.5) is 0 Å². The summed E-state index contributed by atoms with van der Waals surface area (Å²) < 4.78 is 0.750. The van der Waals surface area contributed by atoms with Gasteiger partial charge in [-0.15, -0.1) is 0 Å². The minimum absolute atomic E-state index is 0.458. The molecule has 0 bridgehead atoms. The maximum atomic E-state index is 10.9. The van der Waals surface area contributed by atoms with Gasteiger partial charge in [-0.1, -0.05) is 0 Å². The molecule has 1 aromatic carbocycles. The molecule has 0 aliphatic heterocycles. The van der Waals surface area contributed by atoms with E-state index in [2.05, 4.69) is 0 Å². The summed E-state index contributed by atoms with van der Waals surface area (Å²) in [6, 6.07) is 5.35. The molecule has 66 valence electrons. The first-order valence-corrected chi connectivity index (χ1v) is 4.64. The summed E-state index contributed by atoms with van der Waals surface area (Å²) in [6.45, 7) is 1.76. The van der Waals surface area contributed by atoms with Crippen molar-refractivity contribution >= 4 is 28.5 Å². The Bertz CT molecular complexity index is 407. The van der Waals surface area contributed by atoms with E-state index in [-0.39, 0.29) is 0 Å². The second-order valence-corrected chi connectivity index (χ2v) is 3.79. The third-order valence-corrected chi connectivity index (χ3v) is 2.59. The van der Waals surface area contributed by atoms with Crippen LogP contribution in [0.3, 0.4) is 0 Å². The van der Waals surface area contributed by atoms with Gasteiger partial charge >= 0.3 is 0 Å². The van der Waals surface area contributed by atoms with Gasteiger partial charge in [0.15, 0.2) is 0 Å². The number of carbonyl (C=O) groups is 1. The summed E-state index contributed by atoms with van der Waals surface area (Å²) in [5.41, 5.74) is 6.94. The largest absolute Gasteiger partial charge is 0.366 e. The molecule has 0 heterocycles. The van der Waals surface area contributed by atoms with Crippen LogP contribution in [-0.4, -0.2) is 5.91 Å². The lowest BCUT2D eigenvalue weighted by Gasteiger charge is -2.03. The van der Waals surface area contributed by atoms with Gasteiger partial charge in [-0.05, 0) is 47.2 Å². The Morgan fingerprint density at radius 3 is 2.69 bits per heavy atom. The lowest BCUT2D eigenvalue weighted by molar-refractivity contribution is 0.0999. The highest BCUT2D eigenvalue weighted by molar-refractivity contribution is 14.1. The summed E-state index contributed by atoms with van der Waals surface area (Å²) in [4.78, 5) is 10.9. The first-order chi connectivity index (χ1) is 6.06. The Kier molecular flexibility index (Phi) is 2.88. The number of rotatable bonds is 1. The predicted molar refractivity (Wildman–Crippen MR) is 57.1 cm³/mol. The smallest absolute Gasteiger partial charge is 0.249 e. The van der Waals surface area contributed by atoms with Gasteiger partial charge in [-0.3, -0.25) is 4.79 Å². The Labute approximate surface area is 89.7 Å². The van der Waals surface area contributed by atoms with Gasteiger partial charge in [0, 0.05) is 9.13 Å². The van der Waals surface area contributed by atoms with Gasteiger partial charge in [0.2, 0.25) is 5.91 Å². The monoisotopic (exact) mass is 286 g/mol. The van der Waals surface area contributed by atoms with Crippen molar-refractivity contribution in [2.45, 2.75) is 6.92 Å². The standard InChI is InChI=1S/C9H7IN2O/c1-5-2-6(4-11)8(10)3-7(5)9(12)13/h2-3H,1H3,(H2,12,13). The highest BCUT2D eigenvalue weighted by Gasteiger charge is 2.08. The molecule has 1 amide bonds. The molecule has 0 aliphatic rings. The number of nitriles is 1. The maximum Gasteiger partial charge on any atom is 0.249 e. The van der Waals surface area contributed by atoms with Crippen LogP contribution in [0.25, 0.3) is 0 Å². The van der Waals surface area contributed by atoms with Crippen LogP contribution in [0.15, 0.2) is 12.1 Å². The molecular weight excluding hydrogens is 279 g/mol. The van der Waals surface area contributed by atoms with E-state index in [0.717, 1.165) is 9.13 Å². The highest BCUT2D eigenvalue weighted by Crippen LogP contribution is 2.17. The highest BCUT2D eigenvalue weighted by atomic mass is 127. The number of aryl methyl sites for hydroxylation is 1. The number of hydrogen-bond acceptors (Lipinski definition) is 2. The Balaban J connectivity index is 3.39. The molecule has 0 spiro atoms. The second kappa shape index (κ2) is 3.75. The lowest BCUT2D eigenvalue weighted by Crippen LogP contribution is -2.13. The minimum Gasteiger partial charge on any atom is -0.366 e. The molecule has 0 aliphatic carbocycles. The summed E-state index contributed by atoms with van der Waals surface area (Å²) in [6.07, 6.45) is 0. The molecule has 13 heavy (non-hydrogen) atoms. The van der Waals surface area contributed by atoms with E-state index in [1.807, 2.05) is 28.7 Å². The fraction of sp³-hybridized carbons (Fsp3) is 0.111. The number of amides is 1. The van der Waals surface area contributed by atoms with Gasteiger partial charge in [0.05, 0.1) is 5.56 Å². The van der Waals surface area contributed by atoms with Crippen molar-refractivity contribution in [2.75, 3.05) is 0 Å². The van der Waals surface area contributed by atoms with Gasteiger partial charge in [-0.2, -0.15) is 5.26 Å². The van der Waals surface area contributed by atoms with Crippen LogP contribution in [0.5, 0.6) is 0 Å². The number of hydrogen-bond donors (Lipinski definition) is 1. The van der Waals surface area contributed by atoms with Crippen molar-refractivity contribution in [1.29, 1.82) is 5.26 Å². The van der Waals surface area contributed by atoms with Gasteiger partial charge in [0.1, 0.15) is 6.07 Å². The number of benzene rings is 1. The summed E-state index contributed by atoms with van der Waals surface area (Å²) in [5.74, 6) is -0.458. The van der Waals surface area contributed by atoms with Crippen molar-refractivity contribution in [2.24, 2.45) is 5.73 Å². The van der Waals surface area contributed by atoms with Crippen LogP contribution in [0, 0.1) is 21.8 Å². The van der Waals surface area contributed by atoms with Crippen molar-refractivity contribution < 1.29 is 4.79 Å². The topological polar surface area (TPSA) is 66.9 Å². The molecule has 3 nitrogen and oxygen atoms in total. The average Bonchev–Trinajstić information content (AvgIpc) is 2.07. The SMILES string of the molecule is Cc1cc(C#N)c(I)cc1C(N)=O. The Morgan fingerprint density at radius 1 is 1.62 bits per heavy atom. The van der Waals surface area contributed by atoms with Crippen LogP contribution in [-0.2, 0) is 0 Å². The molecule has 2 N–H and O–H groups in total. The van der Waals surface area contributed by atoms with E-state index in [0.29, 0.717) is 11.1 Å². The molecule has 0 radical (unpaired) electrons. The summed E-state index contributed by atoms with van der Waals surface area (Å²) in [5, 5.41) is 8.70. The van der Waals surface area contributed by atoms with Gasteiger partial charge in [-0.25, -0.2) is 0 Å². The fourth-order valence-corrected chi connectivity index (χ4v) is 1.62. The van der Waals surface area contributed by atoms with Crippen molar-refractivity contribution in [3.8, 4) is 6.07 Å². The van der Waals surface area contributed by atoms with E-state index in [9.17, 15) is 4.79 Å². The normalized spacial score (nSPS) is 9.31. The van der Waals surface area contributed by atoms with Gasteiger partial charge < -0.3 is 5.73 Å². The second-order valence-electron chi connectivity index (χ2n) is 2.62. The van der Waals surface area contributed by atoms with E-state index in [1.54, 1.807) is 19.1 Å². The molecule has 0 unspecified atom stereocenters. The fourth-order valence-electron chi connectivity index (χ4n) is 1.03. The minimum atomic E-state index is -0.458. The van der Waals surface area contributed by atoms with Crippen molar-refractivity contribution in [1.82, 2.24) is 0 Å². The molecule has 0 saturated heterocycles. The molecular formula is C9H7IN2O. The van der Waals surface area contributed by atoms with Crippen molar-refractivity contribution in [3.05, 3.63) is 32.4 Å². The van der Waals surface area contributed by atoms with E-state index in [4.69, 9.17) is 11.0 Å². The quantitative estimate of drug-likeness (QED) is 0.796. The number of primary amides is 1. The number of nitrogens with two attached hydrogens (primary N) is 1. The van der Waals surface area contributed by atoms with Crippen LogP contribution >= 0.6 is 22.6 Å². The number of carbonyl (C=O) groups excluding carboxylic acids is 1. The molecule has 4 heteroatoms. The lowest BCUT2D eigenvalue weighted by atomic mass is 10.1. The number of nitrogens with zero attached hydrogens (tertiary/aromatic N) is 1. The van der Waals surface area contributed by atoms with Crippen LogP contribution in [0.1, 0.15) is 21.5 Å². The average molecular weight is 286 g/mol. The van der Waals surface area contributed by atoms with Crippen LogP contribution < -0.4 is 5.73 Å². The Morgan fingerprint density at radius 2 is 2.23 bits per heavy atom. The zero-order chi connectivity index (χ0) is 10.0. The zero-order valence-electron chi connectivity index (χ0n) is 6.97. The molecule has 1 aromatic rings. The predicted octanol–water partition coefficient (Wildman–Crippen LogP) is 1.57. The molecule has 0 atom stereocenters.